The molecule has 0 aromatic heterocycles. The van der Waals surface area contributed by atoms with E-state index < -0.39 is 0 Å². The minimum Gasteiger partial charge on any atom is -0.508 e. The Hall–Kier alpha value is -1.26. The van der Waals surface area contributed by atoms with Crippen molar-refractivity contribution in [2.75, 3.05) is 39.3 Å². The van der Waals surface area contributed by atoms with Gasteiger partial charge in [0.25, 0.3) is 0 Å². The summed E-state index contributed by atoms with van der Waals surface area (Å²) < 4.78 is 5.63. The van der Waals surface area contributed by atoms with Crippen LogP contribution in [0.4, 0.5) is 0 Å². The van der Waals surface area contributed by atoms with Crippen LogP contribution >= 0.6 is 0 Å². The maximum Gasteiger partial charge on any atom is 0.126 e. The second-order valence-electron chi connectivity index (χ2n) is 4.75. The zero-order chi connectivity index (χ0) is 11.7. The first-order chi connectivity index (χ1) is 8.34. The van der Waals surface area contributed by atoms with Crippen molar-refractivity contribution in [1.82, 2.24) is 10.2 Å². The van der Waals surface area contributed by atoms with Gasteiger partial charge in [-0.05, 0) is 12.1 Å². The van der Waals surface area contributed by atoms with Crippen LogP contribution in [0.5, 0.6) is 11.5 Å². The molecule has 4 heteroatoms. The van der Waals surface area contributed by atoms with Crippen molar-refractivity contribution in [2.24, 2.45) is 0 Å². The molecular formula is C13H18N2O2. The zero-order valence-electron chi connectivity index (χ0n) is 9.85. The highest BCUT2D eigenvalue weighted by molar-refractivity contribution is 5.49. The molecule has 92 valence electrons. The summed E-state index contributed by atoms with van der Waals surface area (Å²) in [7, 11) is 0. The molecule has 1 aromatic rings. The molecule has 1 unspecified atom stereocenters. The largest absolute Gasteiger partial charge is 0.508 e. The second kappa shape index (κ2) is 4.55. The lowest BCUT2D eigenvalue weighted by molar-refractivity contribution is 0.210. The molecule has 17 heavy (non-hydrogen) atoms. The van der Waals surface area contributed by atoms with Gasteiger partial charge in [0.2, 0.25) is 0 Å². The number of phenols is 1. The Morgan fingerprint density at radius 1 is 1.35 bits per heavy atom. The molecule has 0 radical (unpaired) electrons. The molecule has 2 heterocycles. The van der Waals surface area contributed by atoms with Gasteiger partial charge in [0.1, 0.15) is 11.5 Å². The van der Waals surface area contributed by atoms with Crippen molar-refractivity contribution in [3.8, 4) is 11.5 Å². The highest BCUT2D eigenvalue weighted by Crippen LogP contribution is 2.40. The first kappa shape index (κ1) is 10.9. The van der Waals surface area contributed by atoms with Crippen LogP contribution in [-0.4, -0.2) is 49.3 Å². The quantitative estimate of drug-likeness (QED) is 0.793. The van der Waals surface area contributed by atoms with E-state index in [1.54, 1.807) is 6.07 Å². The first-order valence-corrected chi connectivity index (χ1v) is 6.22. The number of piperazine rings is 1. The van der Waals surface area contributed by atoms with E-state index in [9.17, 15) is 5.11 Å². The van der Waals surface area contributed by atoms with Gasteiger partial charge in [-0.3, -0.25) is 0 Å². The molecule has 0 aliphatic carbocycles. The summed E-state index contributed by atoms with van der Waals surface area (Å²) in [4.78, 5) is 2.44. The molecule has 1 fully saturated rings. The predicted molar refractivity (Wildman–Crippen MR) is 65.7 cm³/mol. The smallest absolute Gasteiger partial charge is 0.126 e. The number of fused-ring (bicyclic) bond motifs is 1. The Bertz CT molecular complexity index is 402. The Labute approximate surface area is 101 Å². The van der Waals surface area contributed by atoms with Crippen molar-refractivity contribution < 1.29 is 9.84 Å². The topological polar surface area (TPSA) is 44.7 Å². The molecule has 0 saturated carbocycles. The molecule has 3 rings (SSSR count). The van der Waals surface area contributed by atoms with E-state index in [-0.39, 0.29) is 0 Å². The third kappa shape index (κ3) is 2.10. The third-order valence-corrected chi connectivity index (χ3v) is 3.58. The van der Waals surface area contributed by atoms with E-state index in [0.29, 0.717) is 18.3 Å². The zero-order valence-corrected chi connectivity index (χ0v) is 9.85. The lowest BCUT2D eigenvalue weighted by atomic mass is 9.99. The van der Waals surface area contributed by atoms with Crippen molar-refractivity contribution in [3.63, 3.8) is 0 Å². The maximum absolute atomic E-state index is 9.92. The fraction of sp³-hybridized carbons (Fsp3) is 0.538. The minimum atomic E-state index is 0.310. The Morgan fingerprint density at radius 2 is 2.18 bits per heavy atom. The lowest BCUT2D eigenvalue weighted by Gasteiger charge is -2.29. The van der Waals surface area contributed by atoms with Crippen LogP contribution in [0.15, 0.2) is 18.2 Å². The van der Waals surface area contributed by atoms with Crippen LogP contribution in [0.1, 0.15) is 11.5 Å². The van der Waals surface area contributed by atoms with Gasteiger partial charge < -0.3 is 20.1 Å². The fourth-order valence-corrected chi connectivity index (χ4v) is 2.69. The summed E-state index contributed by atoms with van der Waals surface area (Å²) in [6.07, 6.45) is 0. The summed E-state index contributed by atoms with van der Waals surface area (Å²) in [6, 6.07) is 5.52. The number of ether oxygens (including phenoxy) is 1. The second-order valence-corrected chi connectivity index (χ2v) is 4.75. The molecule has 1 saturated heterocycles. The summed E-state index contributed by atoms with van der Waals surface area (Å²) in [6.45, 7) is 5.95. The predicted octanol–water partition coefficient (Wildman–Crippen LogP) is 0.773. The normalized spacial score (nSPS) is 24.4. The standard InChI is InChI=1S/C13H18N2O2/c16-11-2-1-3-12-13(11)10(9-17-12)8-15-6-4-14-5-7-15/h1-3,10,14,16H,4-9H2. The van der Waals surface area contributed by atoms with Crippen LogP contribution in [0, 0.1) is 0 Å². The molecule has 4 nitrogen and oxygen atoms in total. The minimum absolute atomic E-state index is 0.310. The molecule has 1 aromatic carbocycles. The molecule has 1 atom stereocenters. The fourth-order valence-electron chi connectivity index (χ4n) is 2.69. The lowest BCUT2D eigenvalue weighted by Crippen LogP contribution is -2.45. The van der Waals surface area contributed by atoms with Gasteiger partial charge in [-0.25, -0.2) is 0 Å². The highest BCUT2D eigenvalue weighted by Gasteiger charge is 2.29. The molecule has 2 aliphatic heterocycles. The number of hydrogen-bond acceptors (Lipinski definition) is 4. The number of rotatable bonds is 2. The highest BCUT2D eigenvalue weighted by atomic mass is 16.5. The number of hydrogen-bond donors (Lipinski definition) is 2. The van der Waals surface area contributed by atoms with Gasteiger partial charge in [0.15, 0.2) is 0 Å². The third-order valence-electron chi connectivity index (χ3n) is 3.58. The van der Waals surface area contributed by atoms with Crippen LogP contribution in [-0.2, 0) is 0 Å². The average Bonchev–Trinajstić information content (AvgIpc) is 2.75. The van der Waals surface area contributed by atoms with Gasteiger partial charge in [-0.2, -0.15) is 0 Å². The Balaban J connectivity index is 1.74. The van der Waals surface area contributed by atoms with Crippen LogP contribution in [0.25, 0.3) is 0 Å². The molecule has 0 spiro atoms. The molecule has 0 amide bonds. The SMILES string of the molecule is Oc1cccc2c1C(CN1CCNCC1)CO2. The molecule has 2 N–H and O–H groups in total. The molecule has 0 bridgehead atoms. The van der Waals surface area contributed by atoms with E-state index in [0.717, 1.165) is 44.0 Å². The number of nitrogens with zero attached hydrogens (tertiary/aromatic N) is 1. The monoisotopic (exact) mass is 234 g/mol. The average molecular weight is 234 g/mol. The summed E-state index contributed by atoms with van der Waals surface area (Å²) >= 11 is 0. The Kier molecular flexibility index (Phi) is 2.91. The van der Waals surface area contributed by atoms with Gasteiger partial charge in [-0.1, -0.05) is 6.07 Å². The van der Waals surface area contributed by atoms with Gasteiger partial charge in [0, 0.05) is 44.2 Å². The number of benzene rings is 1. The van der Waals surface area contributed by atoms with E-state index in [2.05, 4.69) is 10.2 Å². The molecule has 2 aliphatic rings. The maximum atomic E-state index is 9.92. The van der Waals surface area contributed by atoms with Crippen molar-refractivity contribution >= 4 is 0 Å². The van der Waals surface area contributed by atoms with Crippen molar-refractivity contribution in [3.05, 3.63) is 23.8 Å². The van der Waals surface area contributed by atoms with Gasteiger partial charge in [-0.15, -0.1) is 0 Å². The van der Waals surface area contributed by atoms with E-state index in [1.807, 2.05) is 12.1 Å². The number of phenolic OH excluding ortho intramolecular Hbond substituents is 1. The van der Waals surface area contributed by atoms with E-state index in [1.165, 1.54) is 0 Å². The number of aromatic hydroxyl groups is 1. The first-order valence-electron chi connectivity index (χ1n) is 6.22. The van der Waals surface area contributed by atoms with Crippen LogP contribution < -0.4 is 10.1 Å². The summed E-state index contributed by atoms with van der Waals surface area (Å²) in [5, 5.41) is 13.3. The van der Waals surface area contributed by atoms with E-state index >= 15 is 0 Å². The van der Waals surface area contributed by atoms with Crippen LogP contribution in [0.3, 0.4) is 0 Å². The van der Waals surface area contributed by atoms with Crippen molar-refractivity contribution in [1.29, 1.82) is 0 Å². The van der Waals surface area contributed by atoms with Crippen LogP contribution in [0.2, 0.25) is 0 Å². The van der Waals surface area contributed by atoms with E-state index in [4.69, 9.17) is 4.74 Å². The molecular weight excluding hydrogens is 216 g/mol. The number of nitrogens with one attached hydrogen (secondary N) is 1. The van der Waals surface area contributed by atoms with Gasteiger partial charge in [0.05, 0.1) is 6.61 Å². The summed E-state index contributed by atoms with van der Waals surface area (Å²) in [5.74, 6) is 1.54. The van der Waals surface area contributed by atoms with Gasteiger partial charge >= 0.3 is 0 Å². The summed E-state index contributed by atoms with van der Waals surface area (Å²) in [5.41, 5.74) is 0.992. The van der Waals surface area contributed by atoms with Crippen molar-refractivity contribution in [2.45, 2.75) is 5.92 Å². The Morgan fingerprint density at radius 3 is 3.00 bits per heavy atom.